The molecule has 0 atom stereocenters. The number of anilines is 1. The highest BCUT2D eigenvalue weighted by molar-refractivity contribution is 7.89. The number of rotatable bonds is 5. The van der Waals surface area contributed by atoms with E-state index in [9.17, 15) is 18.5 Å². The molecule has 1 heterocycles. The maximum atomic E-state index is 13.0. The second-order valence-corrected chi connectivity index (χ2v) is 8.64. The molecule has 0 saturated carbocycles. The van der Waals surface area contributed by atoms with Crippen molar-refractivity contribution in [1.29, 1.82) is 0 Å². The summed E-state index contributed by atoms with van der Waals surface area (Å²) >= 11 is 0. The predicted molar refractivity (Wildman–Crippen MR) is 107 cm³/mol. The van der Waals surface area contributed by atoms with E-state index in [1.54, 1.807) is 0 Å². The van der Waals surface area contributed by atoms with Crippen LogP contribution in [0.5, 0.6) is 5.75 Å². The van der Waals surface area contributed by atoms with Gasteiger partial charge in [-0.2, -0.15) is 4.31 Å². The van der Waals surface area contributed by atoms with Crippen LogP contribution in [-0.2, 0) is 10.0 Å². The Balaban J connectivity index is 1.81. The van der Waals surface area contributed by atoms with Crippen molar-refractivity contribution in [2.45, 2.75) is 18.7 Å². The van der Waals surface area contributed by atoms with E-state index < -0.39 is 14.9 Å². The molecule has 9 heteroatoms. The first-order valence-electron chi connectivity index (χ1n) is 8.89. The minimum absolute atomic E-state index is 0.0312. The van der Waals surface area contributed by atoms with Gasteiger partial charge in [-0.05, 0) is 43.2 Å². The SMILES string of the molecule is COc1ccc(S(=O)(=O)N2CCN(c3cccc(C)c3C)CC2)cc1[N+](=O)[O-]. The summed E-state index contributed by atoms with van der Waals surface area (Å²) in [5, 5.41) is 11.2. The number of nitro groups is 1. The second-order valence-electron chi connectivity index (χ2n) is 6.70. The molecular weight excluding hydrogens is 382 g/mol. The Morgan fingerprint density at radius 2 is 1.75 bits per heavy atom. The van der Waals surface area contributed by atoms with Crippen LogP contribution in [0.2, 0.25) is 0 Å². The van der Waals surface area contributed by atoms with E-state index in [1.165, 1.54) is 34.7 Å². The number of sulfonamides is 1. The van der Waals surface area contributed by atoms with Gasteiger partial charge in [0, 0.05) is 37.9 Å². The average molecular weight is 405 g/mol. The van der Waals surface area contributed by atoms with Gasteiger partial charge in [0.2, 0.25) is 10.0 Å². The average Bonchev–Trinajstić information content (AvgIpc) is 2.69. The van der Waals surface area contributed by atoms with Gasteiger partial charge in [0.05, 0.1) is 16.9 Å². The molecule has 0 N–H and O–H groups in total. The second kappa shape index (κ2) is 7.76. The zero-order valence-electron chi connectivity index (χ0n) is 16.1. The smallest absolute Gasteiger partial charge is 0.312 e. The van der Waals surface area contributed by atoms with E-state index in [0.29, 0.717) is 26.2 Å². The van der Waals surface area contributed by atoms with Crippen LogP contribution in [0, 0.1) is 24.0 Å². The van der Waals surface area contributed by atoms with Gasteiger partial charge in [-0.3, -0.25) is 10.1 Å². The molecule has 1 fully saturated rings. The van der Waals surface area contributed by atoms with Crippen LogP contribution < -0.4 is 9.64 Å². The van der Waals surface area contributed by atoms with Gasteiger partial charge in [-0.1, -0.05) is 12.1 Å². The van der Waals surface area contributed by atoms with Crippen molar-refractivity contribution in [2.75, 3.05) is 38.2 Å². The highest BCUT2D eigenvalue weighted by Gasteiger charge is 2.31. The molecule has 28 heavy (non-hydrogen) atoms. The van der Waals surface area contributed by atoms with Crippen LogP contribution in [0.4, 0.5) is 11.4 Å². The Labute approximate surface area is 164 Å². The lowest BCUT2D eigenvalue weighted by Crippen LogP contribution is -2.48. The van der Waals surface area contributed by atoms with E-state index in [0.717, 1.165) is 11.8 Å². The number of piperazine rings is 1. The lowest BCUT2D eigenvalue weighted by molar-refractivity contribution is -0.386. The summed E-state index contributed by atoms with van der Waals surface area (Å²) in [6.45, 7) is 5.86. The molecule has 0 radical (unpaired) electrons. The maximum absolute atomic E-state index is 13.0. The molecule has 150 valence electrons. The van der Waals surface area contributed by atoms with Gasteiger partial charge in [-0.25, -0.2) is 8.42 Å². The standard InChI is InChI=1S/C19H23N3O5S/c1-14-5-4-6-17(15(14)2)20-9-11-21(12-10-20)28(25,26)16-7-8-19(27-3)18(13-16)22(23)24/h4-8,13H,9-12H2,1-3H3. The van der Waals surface area contributed by atoms with Crippen LogP contribution >= 0.6 is 0 Å². The van der Waals surface area contributed by atoms with E-state index in [-0.39, 0.29) is 16.3 Å². The molecule has 8 nitrogen and oxygen atoms in total. The third-order valence-electron chi connectivity index (χ3n) is 5.14. The molecule has 1 aliphatic heterocycles. The van der Waals surface area contributed by atoms with Crippen molar-refractivity contribution < 1.29 is 18.1 Å². The summed E-state index contributed by atoms with van der Waals surface area (Å²) in [5.41, 5.74) is 3.12. The van der Waals surface area contributed by atoms with Gasteiger partial charge >= 0.3 is 5.69 Å². The molecule has 0 amide bonds. The fourth-order valence-electron chi connectivity index (χ4n) is 3.37. The Bertz CT molecular complexity index is 999. The topological polar surface area (TPSA) is 93.0 Å². The Morgan fingerprint density at radius 3 is 2.36 bits per heavy atom. The number of hydrogen-bond donors (Lipinski definition) is 0. The molecule has 0 bridgehead atoms. The Kier molecular flexibility index (Phi) is 5.57. The number of aryl methyl sites for hydroxylation is 1. The van der Waals surface area contributed by atoms with Crippen molar-refractivity contribution in [3.8, 4) is 5.75 Å². The van der Waals surface area contributed by atoms with Crippen molar-refractivity contribution in [2.24, 2.45) is 0 Å². The van der Waals surface area contributed by atoms with Gasteiger partial charge in [0.25, 0.3) is 0 Å². The van der Waals surface area contributed by atoms with E-state index >= 15 is 0 Å². The highest BCUT2D eigenvalue weighted by Crippen LogP contribution is 2.31. The molecular formula is C19H23N3O5S. The first kappa shape index (κ1) is 20.1. The minimum Gasteiger partial charge on any atom is -0.490 e. The van der Waals surface area contributed by atoms with Crippen molar-refractivity contribution >= 4 is 21.4 Å². The van der Waals surface area contributed by atoms with E-state index in [4.69, 9.17) is 4.74 Å². The molecule has 2 aromatic rings. The number of hydrogen-bond acceptors (Lipinski definition) is 6. The summed E-state index contributed by atoms with van der Waals surface area (Å²) in [4.78, 5) is 12.6. The van der Waals surface area contributed by atoms with Crippen LogP contribution in [0.1, 0.15) is 11.1 Å². The monoisotopic (exact) mass is 405 g/mol. The highest BCUT2D eigenvalue weighted by atomic mass is 32.2. The van der Waals surface area contributed by atoms with Crippen LogP contribution in [0.3, 0.4) is 0 Å². The number of nitro benzene ring substituents is 1. The minimum atomic E-state index is -3.82. The fourth-order valence-corrected chi connectivity index (χ4v) is 4.81. The van der Waals surface area contributed by atoms with E-state index in [1.807, 2.05) is 12.1 Å². The largest absolute Gasteiger partial charge is 0.490 e. The molecule has 2 aromatic carbocycles. The third-order valence-corrected chi connectivity index (χ3v) is 7.03. The van der Waals surface area contributed by atoms with Crippen molar-refractivity contribution in [3.05, 3.63) is 57.6 Å². The number of benzene rings is 2. The van der Waals surface area contributed by atoms with Crippen molar-refractivity contribution in [1.82, 2.24) is 4.31 Å². The molecule has 1 aliphatic rings. The number of ether oxygens (including phenoxy) is 1. The molecule has 0 unspecified atom stereocenters. The van der Waals surface area contributed by atoms with E-state index in [2.05, 4.69) is 24.8 Å². The first-order valence-corrected chi connectivity index (χ1v) is 10.3. The lowest BCUT2D eigenvalue weighted by atomic mass is 10.1. The summed E-state index contributed by atoms with van der Waals surface area (Å²) in [5.74, 6) is 0.0312. The quantitative estimate of drug-likeness (QED) is 0.561. The van der Waals surface area contributed by atoms with Gasteiger partial charge in [0.1, 0.15) is 0 Å². The normalized spacial score (nSPS) is 15.5. The van der Waals surface area contributed by atoms with Gasteiger partial charge in [0.15, 0.2) is 5.75 Å². The summed E-state index contributed by atoms with van der Waals surface area (Å²) in [6, 6.07) is 9.81. The summed E-state index contributed by atoms with van der Waals surface area (Å²) in [7, 11) is -2.51. The predicted octanol–water partition coefficient (Wildman–Crippen LogP) is 2.73. The van der Waals surface area contributed by atoms with Crippen LogP contribution in [-0.4, -0.2) is 50.9 Å². The molecule has 0 spiro atoms. The first-order chi connectivity index (χ1) is 13.3. The third kappa shape index (κ3) is 3.67. The lowest BCUT2D eigenvalue weighted by Gasteiger charge is -2.36. The van der Waals surface area contributed by atoms with Gasteiger partial charge in [-0.15, -0.1) is 0 Å². The molecule has 1 saturated heterocycles. The van der Waals surface area contributed by atoms with Crippen LogP contribution in [0.25, 0.3) is 0 Å². The van der Waals surface area contributed by atoms with Gasteiger partial charge < -0.3 is 9.64 Å². The summed E-state index contributed by atoms with van der Waals surface area (Å²) < 4.78 is 32.3. The number of nitrogens with zero attached hydrogens (tertiary/aromatic N) is 3. The molecule has 3 rings (SSSR count). The number of methoxy groups -OCH3 is 1. The van der Waals surface area contributed by atoms with Crippen molar-refractivity contribution in [3.63, 3.8) is 0 Å². The maximum Gasteiger partial charge on any atom is 0.312 e. The molecule has 0 aliphatic carbocycles. The zero-order chi connectivity index (χ0) is 20.5. The Morgan fingerprint density at radius 1 is 1.07 bits per heavy atom. The Hall–Kier alpha value is -2.65. The fraction of sp³-hybridized carbons (Fsp3) is 0.368. The summed E-state index contributed by atoms with van der Waals surface area (Å²) in [6.07, 6.45) is 0. The zero-order valence-corrected chi connectivity index (χ0v) is 16.9. The molecule has 0 aromatic heterocycles. The van der Waals surface area contributed by atoms with Crippen LogP contribution in [0.15, 0.2) is 41.3 Å².